The van der Waals surface area contributed by atoms with Gasteiger partial charge in [0.15, 0.2) is 0 Å². The molecule has 0 radical (unpaired) electrons. The zero-order chi connectivity index (χ0) is 16.8. The Bertz CT molecular complexity index is 501. The topological polar surface area (TPSA) is 67.2 Å². The van der Waals surface area contributed by atoms with Gasteiger partial charge < -0.3 is 9.31 Å². The molecule has 0 unspecified atom stereocenters. The van der Waals surface area contributed by atoms with E-state index in [9.17, 15) is 0 Å². The van der Waals surface area contributed by atoms with Crippen LogP contribution in [0.4, 0.5) is 0 Å². The highest BCUT2D eigenvalue weighted by molar-refractivity contribution is 6.54. The minimum atomic E-state index is -0.312. The summed E-state index contributed by atoms with van der Waals surface area (Å²) in [4.78, 5) is 2.75. The molecule has 0 amide bonds. The second kappa shape index (κ2) is 7.68. The lowest BCUT2D eigenvalue weighted by Crippen LogP contribution is -2.41. The summed E-state index contributed by atoms with van der Waals surface area (Å²) >= 11 is 0. The second-order valence-corrected chi connectivity index (χ2v) is 6.66. The first-order chi connectivity index (χ1) is 10.2. The molecular formula is C16H26BN3O2. The summed E-state index contributed by atoms with van der Waals surface area (Å²) in [5.41, 5.74) is 8.66. The lowest BCUT2D eigenvalue weighted by molar-refractivity contribution is 0.00578. The number of nitrogens with zero attached hydrogens (tertiary/aromatic N) is 3. The Balaban J connectivity index is 2.55. The molecule has 0 aromatic rings. The van der Waals surface area contributed by atoms with Crippen molar-refractivity contribution in [3.8, 4) is 0 Å². The van der Waals surface area contributed by atoms with Gasteiger partial charge in [0.2, 0.25) is 0 Å². The van der Waals surface area contributed by atoms with Crippen LogP contribution in [0.2, 0.25) is 0 Å². The molecule has 0 aliphatic carbocycles. The van der Waals surface area contributed by atoms with Crippen molar-refractivity contribution in [2.24, 2.45) is 11.0 Å². The predicted octanol–water partition coefficient (Wildman–Crippen LogP) is 4.62. The minimum absolute atomic E-state index is 0.230. The van der Waals surface area contributed by atoms with Crippen LogP contribution in [0, 0.1) is 5.92 Å². The Labute approximate surface area is 133 Å². The fraction of sp³-hybridized carbons (Fsp3) is 0.625. The third-order valence-electron chi connectivity index (χ3n) is 4.08. The Morgan fingerprint density at radius 2 is 1.77 bits per heavy atom. The van der Waals surface area contributed by atoms with Crippen LogP contribution in [0.15, 0.2) is 41.0 Å². The second-order valence-electron chi connectivity index (χ2n) is 6.66. The quantitative estimate of drug-likeness (QED) is 0.236. The van der Waals surface area contributed by atoms with Crippen molar-refractivity contribution in [1.82, 2.24) is 0 Å². The van der Waals surface area contributed by atoms with Crippen molar-refractivity contribution in [2.45, 2.75) is 52.7 Å². The van der Waals surface area contributed by atoms with Gasteiger partial charge in [0.25, 0.3) is 0 Å². The van der Waals surface area contributed by atoms with E-state index in [2.05, 4.69) is 10.0 Å². The van der Waals surface area contributed by atoms with E-state index in [0.29, 0.717) is 6.54 Å². The smallest absolute Gasteiger partial charge is 0.400 e. The van der Waals surface area contributed by atoms with E-state index in [1.54, 1.807) is 0 Å². The molecule has 1 heterocycles. The molecule has 1 aliphatic rings. The third kappa shape index (κ3) is 5.06. The van der Waals surface area contributed by atoms with Crippen molar-refractivity contribution in [2.75, 3.05) is 6.54 Å². The molecule has 0 bridgehead atoms. The maximum atomic E-state index is 8.25. The zero-order valence-corrected chi connectivity index (χ0v) is 14.4. The van der Waals surface area contributed by atoms with Crippen LogP contribution in [0.1, 0.15) is 41.5 Å². The Kier molecular flexibility index (Phi) is 6.48. The number of allylic oxidation sites excluding steroid dienone is 5. The first kappa shape index (κ1) is 18.6. The SMILES string of the molecule is C\C(=C/C=C/C=C/[C@@H](C)CN=[N+]=[N-])B1OC(C)(C)C(C)(C)O1. The van der Waals surface area contributed by atoms with E-state index in [0.717, 1.165) is 5.47 Å². The molecule has 1 saturated heterocycles. The highest BCUT2D eigenvalue weighted by Gasteiger charge is 2.51. The number of hydrogen-bond donors (Lipinski definition) is 0. The van der Waals surface area contributed by atoms with E-state index >= 15 is 0 Å². The number of azide groups is 1. The van der Waals surface area contributed by atoms with Gasteiger partial charge in [-0.15, -0.1) is 0 Å². The average molecular weight is 303 g/mol. The van der Waals surface area contributed by atoms with Crippen LogP contribution in [0.25, 0.3) is 10.4 Å². The summed E-state index contributed by atoms with van der Waals surface area (Å²) in [6, 6.07) is 0. The molecule has 6 heteroatoms. The van der Waals surface area contributed by atoms with Gasteiger partial charge in [0.1, 0.15) is 0 Å². The van der Waals surface area contributed by atoms with Crippen LogP contribution in [-0.4, -0.2) is 24.9 Å². The van der Waals surface area contributed by atoms with Gasteiger partial charge in [-0.1, -0.05) is 42.4 Å². The number of rotatable bonds is 6. The van der Waals surface area contributed by atoms with Crippen molar-refractivity contribution in [1.29, 1.82) is 0 Å². The molecule has 0 saturated carbocycles. The summed E-state index contributed by atoms with van der Waals surface area (Å²) in [6.45, 7) is 12.7. The van der Waals surface area contributed by atoms with Gasteiger partial charge in [-0.25, -0.2) is 0 Å². The van der Waals surface area contributed by atoms with Crippen molar-refractivity contribution in [3.05, 3.63) is 46.3 Å². The average Bonchev–Trinajstić information content (AvgIpc) is 2.64. The van der Waals surface area contributed by atoms with Crippen LogP contribution >= 0.6 is 0 Å². The molecular weight excluding hydrogens is 277 g/mol. The summed E-state index contributed by atoms with van der Waals surface area (Å²) in [6.07, 6.45) is 9.85. The van der Waals surface area contributed by atoms with Crippen LogP contribution in [0.3, 0.4) is 0 Å². The molecule has 1 fully saturated rings. The standard InChI is InChI=1S/C16H26BN3O2/c1-13(12-19-20-18)10-8-7-9-11-14(2)17-21-15(3,4)16(5,6)22-17/h7-11,13H,12H2,1-6H3/b9-7+,10-8+,14-11+/t13-/m1/s1. The third-order valence-corrected chi connectivity index (χ3v) is 4.08. The van der Waals surface area contributed by atoms with Crippen LogP contribution in [0.5, 0.6) is 0 Å². The van der Waals surface area contributed by atoms with E-state index in [-0.39, 0.29) is 24.2 Å². The van der Waals surface area contributed by atoms with Gasteiger partial charge in [0.05, 0.1) is 11.2 Å². The summed E-state index contributed by atoms with van der Waals surface area (Å²) in [5.74, 6) is 0.230. The summed E-state index contributed by atoms with van der Waals surface area (Å²) in [7, 11) is -0.303. The van der Waals surface area contributed by atoms with E-state index in [4.69, 9.17) is 14.8 Å². The Morgan fingerprint density at radius 1 is 1.18 bits per heavy atom. The molecule has 22 heavy (non-hydrogen) atoms. The molecule has 1 rings (SSSR count). The Hall–Kier alpha value is -1.49. The van der Waals surface area contributed by atoms with Crippen molar-refractivity contribution in [3.63, 3.8) is 0 Å². The predicted molar refractivity (Wildman–Crippen MR) is 91.3 cm³/mol. The van der Waals surface area contributed by atoms with Crippen LogP contribution < -0.4 is 0 Å². The highest BCUT2D eigenvalue weighted by Crippen LogP contribution is 2.38. The lowest BCUT2D eigenvalue weighted by Gasteiger charge is -2.32. The minimum Gasteiger partial charge on any atom is -0.400 e. The van der Waals surface area contributed by atoms with E-state index in [1.165, 1.54) is 0 Å². The zero-order valence-electron chi connectivity index (χ0n) is 14.4. The van der Waals surface area contributed by atoms with E-state index in [1.807, 2.05) is 71.9 Å². The fourth-order valence-electron chi connectivity index (χ4n) is 1.86. The van der Waals surface area contributed by atoms with Gasteiger partial charge in [-0.05, 0) is 51.5 Å². The van der Waals surface area contributed by atoms with Crippen LogP contribution in [-0.2, 0) is 9.31 Å². The summed E-state index contributed by atoms with van der Waals surface area (Å²) < 4.78 is 12.0. The Morgan fingerprint density at radius 3 is 2.32 bits per heavy atom. The van der Waals surface area contributed by atoms with Gasteiger partial charge in [-0.2, -0.15) is 0 Å². The lowest BCUT2D eigenvalue weighted by atomic mass is 9.79. The van der Waals surface area contributed by atoms with Crippen molar-refractivity contribution < 1.29 is 9.31 Å². The molecule has 120 valence electrons. The molecule has 1 atom stereocenters. The molecule has 1 aliphatic heterocycles. The van der Waals surface area contributed by atoms with Crippen molar-refractivity contribution >= 4 is 7.12 Å². The molecule has 0 spiro atoms. The van der Waals surface area contributed by atoms with Gasteiger partial charge >= 0.3 is 7.12 Å². The first-order valence-corrected chi connectivity index (χ1v) is 7.58. The van der Waals surface area contributed by atoms with Gasteiger partial charge in [-0.3, -0.25) is 0 Å². The summed E-state index contributed by atoms with van der Waals surface area (Å²) in [5, 5.41) is 3.54. The molecule has 5 nitrogen and oxygen atoms in total. The number of hydrogen-bond acceptors (Lipinski definition) is 3. The maximum absolute atomic E-state index is 8.25. The first-order valence-electron chi connectivity index (χ1n) is 7.58. The maximum Gasteiger partial charge on any atom is 0.490 e. The molecule has 0 aromatic heterocycles. The molecule has 0 N–H and O–H groups in total. The normalized spacial score (nSPS) is 22.3. The largest absolute Gasteiger partial charge is 0.490 e. The molecule has 0 aromatic carbocycles. The monoisotopic (exact) mass is 303 g/mol. The van der Waals surface area contributed by atoms with Gasteiger partial charge in [0, 0.05) is 11.5 Å². The highest BCUT2D eigenvalue weighted by atomic mass is 16.7. The fourth-order valence-corrected chi connectivity index (χ4v) is 1.86. The van der Waals surface area contributed by atoms with E-state index < -0.39 is 0 Å².